The zero-order valence-electron chi connectivity index (χ0n) is 12.1. The Balaban J connectivity index is 1.83. The minimum absolute atomic E-state index is 0.0964. The first-order valence-electron chi connectivity index (χ1n) is 7.23. The molecule has 1 amide bonds. The van der Waals surface area contributed by atoms with Crippen LogP contribution in [0.3, 0.4) is 0 Å². The highest BCUT2D eigenvalue weighted by molar-refractivity contribution is 7.17. The average molecular weight is 301 g/mol. The van der Waals surface area contributed by atoms with Crippen LogP contribution in [0.25, 0.3) is 10.6 Å². The van der Waals surface area contributed by atoms with Crippen LogP contribution in [0.2, 0.25) is 0 Å². The molecule has 1 aromatic heterocycles. The summed E-state index contributed by atoms with van der Waals surface area (Å²) in [6.07, 6.45) is 1.77. The van der Waals surface area contributed by atoms with E-state index in [0.717, 1.165) is 47.1 Å². The van der Waals surface area contributed by atoms with Crippen LogP contribution in [-0.4, -0.2) is 34.9 Å². The van der Waals surface area contributed by atoms with E-state index in [1.807, 2.05) is 42.2 Å². The molecule has 1 aliphatic heterocycles. The van der Waals surface area contributed by atoms with Crippen molar-refractivity contribution in [2.75, 3.05) is 13.1 Å². The van der Waals surface area contributed by atoms with Crippen molar-refractivity contribution in [3.8, 4) is 10.6 Å². The Bertz CT molecular complexity index is 630. The van der Waals surface area contributed by atoms with E-state index < -0.39 is 0 Å². The summed E-state index contributed by atoms with van der Waals surface area (Å²) < 4.78 is 0. The summed E-state index contributed by atoms with van der Waals surface area (Å²) in [7, 11) is 0. The number of amides is 1. The molecule has 2 N–H and O–H groups in total. The van der Waals surface area contributed by atoms with Gasteiger partial charge in [0.25, 0.3) is 5.91 Å². The van der Waals surface area contributed by atoms with Crippen molar-refractivity contribution >= 4 is 17.2 Å². The van der Waals surface area contributed by atoms with Crippen LogP contribution >= 0.6 is 11.3 Å². The number of thiazole rings is 1. The molecule has 1 saturated heterocycles. The van der Waals surface area contributed by atoms with Gasteiger partial charge in [0.2, 0.25) is 0 Å². The van der Waals surface area contributed by atoms with E-state index in [9.17, 15) is 4.79 Å². The number of aromatic nitrogens is 1. The lowest BCUT2D eigenvalue weighted by Crippen LogP contribution is -2.42. The van der Waals surface area contributed by atoms with Gasteiger partial charge >= 0.3 is 0 Å². The number of benzene rings is 1. The maximum Gasteiger partial charge on any atom is 0.265 e. The van der Waals surface area contributed by atoms with Crippen LogP contribution < -0.4 is 5.73 Å². The third-order valence-electron chi connectivity index (χ3n) is 3.84. The summed E-state index contributed by atoms with van der Waals surface area (Å²) in [5, 5.41) is 0.908. The number of hydrogen-bond acceptors (Lipinski definition) is 4. The summed E-state index contributed by atoms with van der Waals surface area (Å²) in [5.74, 6) is 0.0964. The maximum absolute atomic E-state index is 12.6. The smallest absolute Gasteiger partial charge is 0.265 e. The molecule has 5 heteroatoms. The summed E-state index contributed by atoms with van der Waals surface area (Å²) in [5.41, 5.74) is 7.78. The summed E-state index contributed by atoms with van der Waals surface area (Å²) in [4.78, 5) is 19.8. The lowest BCUT2D eigenvalue weighted by atomic mass is 10.1. The summed E-state index contributed by atoms with van der Waals surface area (Å²) in [6, 6.07) is 10.2. The number of nitrogens with two attached hydrogens (primary N) is 1. The van der Waals surface area contributed by atoms with Gasteiger partial charge in [-0.05, 0) is 19.8 Å². The molecule has 0 unspecified atom stereocenters. The van der Waals surface area contributed by atoms with Crippen molar-refractivity contribution in [3.63, 3.8) is 0 Å². The first-order chi connectivity index (χ1) is 10.1. The molecule has 4 nitrogen and oxygen atoms in total. The largest absolute Gasteiger partial charge is 0.338 e. The van der Waals surface area contributed by atoms with Gasteiger partial charge in [-0.3, -0.25) is 4.79 Å². The predicted octanol–water partition coefficient (Wildman–Crippen LogP) is 2.68. The van der Waals surface area contributed by atoms with Gasteiger partial charge in [0.05, 0.1) is 5.69 Å². The minimum Gasteiger partial charge on any atom is -0.338 e. The van der Waals surface area contributed by atoms with Crippen molar-refractivity contribution in [2.24, 2.45) is 5.73 Å². The zero-order valence-corrected chi connectivity index (χ0v) is 12.9. The molecule has 1 aromatic carbocycles. The second-order valence-electron chi connectivity index (χ2n) is 5.43. The molecular weight excluding hydrogens is 282 g/mol. The molecule has 2 aromatic rings. The minimum atomic E-state index is 0.0964. The van der Waals surface area contributed by atoms with Gasteiger partial charge in [0.1, 0.15) is 9.88 Å². The molecule has 21 heavy (non-hydrogen) atoms. The molecule has 110 valence electrons. The standard InChI is InChI=1S/C16H19N3OS/c1-11-14(16(20)19-9-7-13(17)8-10-19)21-15(18-11)12-5-3-2-4-6-12/h2-6,13H,7-10,17H2,1H3. The normalized spacial score (nSPS) is 16.2. The lowest BCUT2D eigenvalue weighted by Gasteiger charge is -2.29. The molecule has 0 radical (unpaired) electrons. The Labute approximate surface area is 128 Å². The molecule has 1 aliphatic rings. The van der Waals surface area contributed by atoms with E-state index in [-0.39, 0.29) is 11.9 Å². The number of carbonyl (C=O) groups excluding carboxylic acids is 1. The van der Waals surface area contributed by atoms with Crippen LogP contribution in [-0.2, 0) is 0 Å². The van der Waals surface area contributed by atoms with Gasteiger partial charge in [0, 0.05) is 24.7 Å². The number of nitrogens with zero attached hydrogens (tertiary/aromatic N) is 2. The second kappa shape index (κ2) is 5.95. The van der Waals surface area contributed by atoms with Crippen molar-refractivity contribution in [1.82, 2.24) is 9.88 Å². The number of piperidine rings is 1. The van der Waals surface area contributed by atoms with Gasteiger partial charge in [-0.2, -0.15) is 0 Å². The van der Waals surface area contributed by atoms with Crippen LogP contribution in [0.15, 0.2) is 30.3 Å². The van der Waals surface area contributed by atoms with Crippen molar-refractivity contribution < 1.29 is 4.79 Å². The predicted molar refractivity (Wildman–Crippen MR) is 85.4 cm³/mol. The summed E-state index contributed by atoms with van der Waals surface area (Å²) in [6.45, 7) is 3.40. The highest BCUT2D eigenvalue weighted by Gasteiger charge is 2.25. The van der Waals surface area contributed by atoms with Gasteiger partial charge in [-0.25, -0.2) is 4.98 Å². The van der Waals surface area contributed by atoms with E-state index in [4.69, 9.17) is 5.73 Å². The van der Waals surface area contributed by atoms with Crippen LogP contribution in [0, 0.1) is 6.92 Å². The van der Waals surface area contributed by atoms with E-state index in [0.29, 0.717) is 0 Å². The third kappa shape index (κ3) is 2.99. The third-order valence-corrected chi connectivity index (χ3v) is 5.03. The van der Waals surface area contributed by atoms with E-state index in [1.165, 1.54) is 11.3 Å². The van der Waals surface area contributed by atoms with Crippen LogP contribution in [0.5, 0.6) is 0 Å². The zero-order chi connectivity index (χ0) is 14.8. The van der Waals surface area contributed by atoms with E-state index >= 15 is 0 Å². The Morgan fingerprint density at radius 1 is 1.29 bits per heavy atom. The molecule has 2 heterocycles. The molecule has 3 rings (SSSR count). The Morgan fingerprint density at radius 3 is 2.62 bits per heavy atom. The fraction of sp³-hybridized carbons (Fsp3) is 0.375. The van der Waals surface area contributed by atoms with Crippen LogP contribution in [0.4, 0.5) is 0 Å². The van der Waals surface area contributed by atoms with Crippen LogP contribution in [0.1, 0.15) is 28.2 Å². The molecule has 0 saturated carbocycles. The average Bonchev–Trinajstić information content (AvgIpc) is 2.90. The monoisotopic (exact) mass is 301 g/mol. The first-order valence-corrected chi connectivity index (χ1v) is 8.04. The maximum atomic E-state index is 12.6. The molecule has 0 bridgehead atoms. The number of rotatable bonds is 2. The Hall–Kier alpha value is -1.72. The highest BCUT2D eigenvalue weighted by Crippen LogP contribution is 2.29. The van der Waals surface area contributed by atoms with E-state index in [1.54, 1.807) is 0 Å². The quantitative estimate of drug-likeness (QED) is 0.927. The number of carbonyl (C=O) groups is 1. The second-order valence-corrected chi connectivity index (χ2v) is 6.43. The number of hydrogen-bond donors (Lipinski definition) is 1. The van der Waals surface area contributed by atoms with Gasteiger partial charge in [-0.1, -0.05) is 30.3 Å². The topological polar surface area (TPSA) is 59.2 Å². The Kier molecular flexibility index (Phi) is 4.03. The van der Waals surface area contributed by atoms with Gasteiger partial charge < -0.3 is 10.6 Å². The molecule has 0 spiro atoms. The SMILES string of the molecule is Cc1nc(-c2ccccc2)sc1C(=O)N1CCC(N)CC1. The Morgan fingerprint density at radius 2 is 1.95 bits per heavy atom. The fourth-order valence-corrected chi connectivity index (χ4v) is 3.58. The first kappa shape index (κ1) is 14.2. The lowest BCUT2D eigenvalue weighted by molar-refractivity contribution is 0.0718. The van der Waals surface area contributed by atoms with Gasteiger partial charge in [0.15, 0.2) is 0 Å². The van der Waals surface area contributed by atoms with Gasteiger partial charge in [-0.15, -0.1) is 11.3 Å². The van der Waals surface area contributed by atoms with E-state index in [2.05, 4.69) is 4.98 Å². The number of likely N-dealkylation sites (tertiary alicyclic amines) is 1. The summed E-state index contributed by atoms with van der Waals surface area (Å²) >= 11 is 1.48. The molecule has 0 atom stereocenters. The fourth-order valence-electron chi connectivity index (χ4n) is 2.55. The highest BCUT2D eigenvalue weighted by atomic mass is 32.1. The molecular formula is C16H19N3OS. The molecule has 0 aliphatic carbocycles. The molecule has 1 fully saturated rings. The van der Waals surface area contributed by atoms with Crippen molar-refractivity contribution in [3.05, 3.63) is 40.9 Å². The number of aryl methyl sites for hydroxylation is 1. The van der Waals surface area contributed by atoms with Crippen molar-refractivity contribution in [1.29, 1.82) is 0 Å². The van der Waals surface area contributed by atoms with Crippen molar-refractivity contribution in [2.45, 2.75) is 25.8 Å².